The second-order valence-corrected chi connectivity index (χ2v) is 6.31. The third kappa shape index (κ3) is 4.02. The molecule has 0 fully saturated rings. The van der Waals surface area contributed by atoms with E-state index in [4.69, 9.17) is 16.3 Å². The molecule has 0 unspecified atom stereocenters. The van der Waals surface area contributed by atoms with Crippen molar-refractivity contribution >= 4 is 34.8 Å². The maximum absolute atomic E-state index is 12.1. The highest BCUT2D eigenvalue weighted by Gasteiger charge is 2.09. The van der Waals surface area contributed by atoms with Gasteiger partial charge in [0.25, 0.3) is 0 Å². The number of carbonyl (C=O) groups excluding carboxylic acids is 1. The standard InChI is InChI=1S/C21H15ClN4O2/c22-16-5-1-4-8-19(16)28-15-11-9-14(10-12-15)13-23-26-21(27)20-24-17-6-2-3-7-18(17)25-20/h1-13H,(H,24,25)(H,26,27)/b23-13+. The van der Waals surface area contributed by atoms with Crippen LogP contribution in [0.1, 0.15) is 16.2 Å². The zero-order chi connectivity index (χ0) is 19.3. The first kappa shape index (κ1) is 17.8. The SMILES string of the molecule is O=C(N/N=C/c1ccc(Oc2ccccc2Cl)cc1)c1nc2ccccc2[nH]1. The van der Waals surface area contributed by atoms with Crippen LogP contribution < -0.4 is 10.2 Å². The summed E-state index contributed by atoms with van der Waals surface area (Å²) in [4.78, 5) is 19.3. The van der Waals surface area contributed by atoms with Crippen molar-refractivity contribution in [2.45, 2.75) is 0 Å². The normalized spacial score (nSPS) is 11.0. The van der Waals surface area contributed by atoms with Crippen molar-refractivity contribution in [1.82, 2.24) is 15.4 Å². The van der Waals surface area contributed by atoms with E-state index >= 15 is 0 Å². The molecule has 1 heterocycles. The highest BCUT2D eigenvalue weighted by molar-refractivity contribution is 6.32. The van der Waals surface area contributed by atoms with Crippen LogP contribution in [0.4, 0.5) is 0 Å². The van der Waals surface area contributed by atoms with E-state index in [1.165, 1.54) is 0 Å². The number of fused-ring (bicyclic) bond motifs is 1. The maximum Gasteiger partial charge on any atom is 0.307 e. The van der Waals surface area contributed by atoms with Gasteiger partial charge in [-0.2, -0.15) is 5.10 Å². The van der Waals surface area contributed by atoms with Gasteiger partial charge in [-0.1, -0.05) is 35.9 Å². The van der Waals surface area contributed by atoms with Crippen molar-refractivity contribution in [3.8, 4) is 11.5 Å². The van der Waals surface area contributed by atoms with Crippen molar-refractivity contribution in [1.29, 1.82) is 0 Å². The van der Waals surface area contributed by atoms with Crippen LogP contribution in [0.25, 0.3) is 11.0 Å². The van der Waals surface area contributed by atoms with Crippen molar-refractivity contribution in [3.63, 3.8) is 0 Å². The molecule has 0 saturated heterocycles. The first-order valence-corrected chi connectivity index (χ1v) is 8.87. The predicted molar refractivity (Wildman–Crippen MR) is 109 cm³/mol. The molecule has 7 heteroatoms. The number of hydrogen-bond donors (Lipinski definition) is 2. The zero-order valence-corrected chi connectivity index (χ0v) is 15.4. The van der Waals surface area contributed by atoms with Crippen LogP contribution in [0.3, 0.4) is 0 Å². The first-order valence-electron chi connectivity index (χ1n) is 8.50. The van der Waals surface area contributed by atoms with E-state index in [1.54, 1.807) is 30.5 Å². The first-order chi connectivity index (χ1) is 13.7. The Kier molecular flexibility index (Phi) is 5.03. The maximum atomic E-state index is 12.1. The molecule has 4 rings (SSSR count). The van der Waals surface area contributed by atoms with Gasteiger partial charge >= 0.3 is 5.91 Å². The minimum Gasteiger partial charge on any atom is -0.456 e. The third-order valence-electron chi connectivity index (χ3n) is 3.93. The van der Waals surface area contributed by atoms with Crippen LogP contribution in [0.15, 0.2) is 77.9 Å². The van der Waals surface area contributed by atoms with Gasteiger partial charge < -0.3 is 9.72 Å². The Morgan fingerprint density at radius 3 is 2.57 bits per heavy atom. The lowest BCUT2D eigenvalue weighted by atomic mass is 10.2. The van der Waals surface area contributed by atoms with E-state index in [1.807, 2.05) is 48.5 Å². The highest BCUT2D eigenvalue weighted by atomic mass is 35.5. The van der Waals surface area contributed by atoms with E-state index in [0.29, 0.717) is 16.5 Å². The van der Waals surface area contributed by atoms with Gasteiger partial charge in [0, 0.05) is 0 Å². The fraction of sp³-hybridized carbons (Fsp3) is 0. The molecule has 0 bridgehead atoms. The van der Waals surface area contributed by atoms with Crippen LogP contribution in [0.2, 0.25) is 5.02 Å². The average Bonchev–Trinajstić information content (AvgIpc) is 3.15. The van der Waals surface area contributed by atoms with Crippen LogP contribution in [-0.4, -0.2) is 22.1 Å². The lowest BCUT2D eigenvalue weighted by Crippen LogP contribution is -2.19. The molecule has 1 amide bonds. The van der Waals surface area contributed by atoms with Gasteiger partial charge in [-0.3, -0.25) is 4.79 Å². The van der Waals surface area contributed by atoms with Gasteiger partial charge in [-0.15, -0.1) is 0 Å². The monoisotopic (exact) mass is 390 g/mol. The largest absolute Gasteiger partial charge is 0.456 e. The number of imidazole rings is 1. The van der Waals surface area contributed by atoms with Crippen LogP contribution >= 0.6 is 11.6 Å². The van der Waals surface area contributed by atoms with Crippen LogP contribution in [0, 0.1) is 0 Å². The Morgan fingerprint density at radius 2 is 1.79 bits per heavy atom. The molecule has 4 aromatic rings. The van der Waals surface area contributed by atoms with E-state index in [0.717, 1.165) is 16.6 Å². The molecule has 0 radical (unpaired) electrons. The average molecular weight is 391 g/mol. The summed E-state index contributed by atoms with van der Waals surface area (Å²) in [7, 11) is 0. The molecule has 0 spiro atoms. The molecular formula is C21H15ClN4O2. The number of nitrogens with zero attached hydrogens (tertiary/aromatic N) is 2. The number of nitrogens with one attached hydrogen (secondary N) is 2. The van der Waals surface area contributed by atoms with Gasteiger partial charge in [-0.25, -0.2) is 10.4 Å². The number of aromatic nitrogens is 2. The molecule has 0 aliphatic carbocycles. The molecule has 1 aromatic heterocycles. The predicted octanol–water partition coefficient (Wildman–Crippen LogP) is 4.77. The second kappa shape index (κ2) is 7.94. The second-order valence-electron chi connectivity index (χ2n) is 5.90. The third-order valence-corrected chi connectivity index (χ3v) is 4.24. The highest BCUT2D eigenvalue weighted by Crippen LogP contribution is 2.28. The minimum atomic E-state index is -0.411. The molecule has 0 atom stereocenters. The van der Waals surface area contributed by atoms with Crippen molar-refractivity contribution in [2.24, 2.45) is 5.10 Å². The number of hydrogen-bond acceptors (Lipinski definition) is 4. The van der Waals surface area contributed by atoms with E-state index in [9.17, 15) is 4.79 Å². The summed E-state index contributed by atoms with van der Waals surface area (Å²) in [6.07, 6.45) is 1.54. The molecule has 3 aromatic carbocycles. The molecule has 28 heavy (non-hydrogen) atoms. The number of halogens is 1. The number of amides is 1. The number of carbonyl (C=O) groups is 1. The topological polar surface area (TPSA) is 79.4 Å². The van der Waals surface area contributed by atoms with E-state index < -0.39 is 5.91 Å². The number of ether oxygens (including phenoxy) is 1. The van der Waals surface area contributed by atoms with Crippen molar-refractivity contribution in [3.05, 3.63) is 89.2 Å². The molecule has 0 aliphatic rings. The molecule has 6 nitrogen and oxygen atoms in total. The summed E-state index contributed by atoms with van der Waals surface area (Å²) >= 11 is 6.09. The summed E-state index contributed by atoms with van der Waals surface area (Å²) in [6, 6.07) is 21.9. The zero-order valence-electron chi connectivity index (χ0n) is 14.6. The van der Waals surface area contributed by atoms with Crippen molar-refractivity contribution in [2.75, 3.05) is 0 Å². The van der Waals surface area contributed by atoms with Crippen LogP contribution in [-0.2, 0) is 0 Å². The summed E-state index contributed by atoms with van der Waals surface area (Å²) in [5.74, 6) is 1.04. The number of hydrazone groups is 1. The smallest absolute Gasteiger partial charge is 0.307 e. The Labute approximate surface area is 165 Å². The van der Waals surface area contributed by atoms with Crippen LogP contribution in [0.5, 0.6) is 11.5 Å². The molecule has 138 valence electrons. The summed E-state index contributed by atoms with van der Waals surface area (Å²) in [5.41, 5.74) is 4.79. The fourth-order valence-electron chi connectivity index (χ4n) is 2.56. The molecular weight excluding hydrogens is 376 g/mol. The van der Waals surface area contributed by atoms with Crippen molar-refractivity contribution < 1.29 is 9.53 Å². The Hall–Kier alpha value is -3.64. The molecule has 2 N–H and O–H groups in total. The number of para-hydroxylation sites is 3. The Bertz CT molecular complexity index is 1120. The van der Waals surface area contributed by atoms with Gasteiger partial charge in [-0.05, 0) is 54.1 Å². The fourth-order valence-corrected chi connectivity index (χ4v) is 2.73. The Morgan fingerprint density at radius 1 is 1.04 bits per heavy atom. The Balaban J connectivity index is 1.38. The number of benzene rings is 3. The quantitative estimate of drug-likeness (QED) is 0.380. The number of H-pyrrole nitrogens is 1. The van der Waals surface area contributed by atoms with Gasteiger partial charge in [0.05, 0.1) is 22.3 Å². The minimum absolute atomic E-state index is 0.210. The lowest BCUT2D eigenvalue weighted by molar-refractivity contribution is 0.0946. The molecule has 0 aliphatic heterocycles. The summed E-state index contributed by atoms with van der Waals surface area (Å²) in [6.45, 7) is 0. The van der Waals surface area contributed by atoms with Gasteiger partial charge in [0.2, 0.25) is 0 Å². The van der Waals surface area contributed by atoms with E-state index in [-0.39, 0.29) is 5.82 Å². The van der Waals surface area contributed by atoms with Gasteiger partial charge in [0.15, 0.2) is 5.82 Å². The lowest BCUT2D eigenvalue weighted by Gasteiger charge is -2.07. The molecule has 0 saturated carbocycles. The number of rotatable bonds is 5. The summed E-state index contributed by atoms with van der Waals surface area (Å²) in [5, 5.41) is 4.51. The van der Waals surface area contributed by atoms with E-state index in [2.05, 4.69) is 20.5 Å². The van der Waals surface area contributed by atoms with Gasteiger partial charge in [0.1, 0.15) is 11.5 Å². The number of aromatic amines is 1. The summed E-state index contributed by atoms with van der Waals surface area (Å²) < 4.78 is 5.73.